The van der Waals surface area contributed by atoms with Crippen molar-refractivity contribution in [3.63, 3.8) is 0 Å². The molecule has 2 amide bonds. The van der Waals surface area contributed by atoms with Crippen LogP contribution in [-0.2, 0) is 14.3 Å². The normalized spacial score (nSPS) is 36.3. The van der Waals surface area contributed by atoms with Crippen LogP contribution in [0.5, 0.6) is 0 Å². The Balaban J connectivity index is 1.64. The van der Waals surface area contributed by atoms with Crippen LogP contribution in [0.15, 0.2) is 30.3 Å². The van der Waals surface area contributed by atoms with Gasteiger partial charge < -0.3 is 0 Å². The number of fused-ring (bicyclic) bond motifs is 2. The van der Waals surface area contributed by atoms with E-state index in [2.05, 4.69) is 26.0 Å². The average molecular weight is 468 g/mol. The molecule has 0 unspecified atom stereocenters. The first kappa shape index (κ1) is 20.4. The summed E-state index contributed by atoms with van der Waals surface area (Å²) in [5, 5.41) is -0.185. The summed E-state index contributed by atoms with van der Waals surface area (Å²) in [5.41, 5.74) is -0.829. The van der Waals surface area contributed by atoms with Gasteiger partial charge in [0, 0.05) is 0 Å². The predicted octanol–water partition coefficient (Wildman–Crippen LogP) is 2.85. The minimum absolute atomic E-state index is 0.0268. The first-order valence-corrected chi connectivity index (χ1v) is 12.4. The summed E-state index contributed by atoms with van der Waals surface area (Å²) in [4.78, 5) is 28.3. The second kappa shape index (κ2) is 7.44. The van der Waals surface area contributed by atoms with Gasteiger partial charge in [-0.3, -0.25) is 0 Å². The maximum atomic E-state index is 13.9. The molecule has 7 heteroatoms. The van der Waals surface area contributed by atoms with Crippen molar-refractivity contribution >= 4 is 42.3 Å². The summed E-state index contributed by atoms with van der Waals surface area (Å²) < 4.78 is 12.7. The Morgan fingerprint density at radius 2 is 1.93 bits per heavy atom. The number of nitrogens with zero attached hydrogens (tertiary/aromatic N) is 1. The maximum absolute atomic E-state index is 13.9. The van der Waals surface area contributed by atoms with E-state index in [0.29, 0.717) is 5.92 Å². The molecular weight excluding hydrogens is 441 g/mol. The van der Waals surface area contributed by atoms with E-state index in [1.165, 1.54) is 21.1 Å². The van der Waals surface area contributed by atoms with Crippen LogP contribution in [0.1, 0.15) is 33.1 Å². The monoisotopic (exact) mass is 469 g/mol. The van der Waals surface area contributed by atoms with Gasteiger partial charge in [0.2, 0.25) is 0 Å². The Morgan fingerprint density at radius 1 is 1.21 bits per heavy atom. The Morgan fingerprint density at radius 3 is 2.54 bits per heavy atom. The number of imide groups is 1. The average Bonchev–Trinajstić information content (AvgIpc) is 3.23. The van der Waals surface area contributed by atoms with E-state index in [4.69, 9.17) is 9.47 Å². The summed E-state index contributed by atoms with van der Waals surface area (Å²) in [6.07, 6.45) is 2.03. The molecule has 0 spiro atoms. The van der Waals surface area contributed by atoms with Crippen molar-refractivity contribution in [2.75, 3.05) is 14.2 Å². The van der Waals surface area contributed by atoms with Gasteiger partial charge in [-0.25, -0.2) is 0 Å². The van der Waals surface area contributed by atoms with Crippen molar-refractivity contribution < 1.29 is 19.1 Å². The van der Waals surface area contributed by atoms with Crippen LogP contribution in [0, 0.1) is 16.7 Å². The van der Waals surface area contributed by atoms with E-state index in [9.17, 15) is 9.59 Å². The Hall–Kier alpha value is -0.851. The third kappa shape index (κ3) is 2.82. The molecule has 0 radical (unpaired) electrons. The second-order valence-electron chi connectivity index (χ2n) is 8.37. The summed E-state index contributed by atoms with van der Waals surface area (Å²) in [6.45, 7) is 4.34. The molecule has 0 aromatic heterocycles. The Kier molecular flexibility index (Phi) is 5.43. The van der Waals surface area contributed by atoms with Gasteiger partial charge in [0.25, 0.3) is 0 Å². The van der Waals surface area contributed by atoms with Crippen LogP contribution in [-0.4, -0.2) is 61.7 Å². The van der Waals surface area contributed by atoms with Gasteiger partial charge in [0.15, 0.2) is 0 Å². The number of benzene rings is 1. The molecule has 1 heterocycles. The number of ether oxygens (including phenoxy) is 2. The van der Waals surface area contributed by atoms with Crippen molar-refractivity contribution in [3.05, 3.63) is 30.3 Å². The van der Waals surface area contributed by atoms with Gasteiger partial charge in [-0.05, 0) is 0 Å². The van der Waals surface area contributed by atoms with Crippen molar-refractivity contribution in [1.82, 2.24) is 4.90 Å². The van der Waals surface area contributed by atoms with E-state index in [1.807, 2.05) is 18.2 Å². The molecule has 152 valence electrons. The van der Waals surface area contributed by atoms with Gasteiger partial charge in [-0.2, -0.15) is 0 Å². The standard InChI is InChI=1S/C21H27NO4SSe/c1-20(2)13-10-11-21(20,15(12-13)25-3)18(23)22-16(26-4)17(27-19(22)24)28-14-8-6-5-7-9-14/h5-9,13,15-17H,10-12H2,1-4H3/t13-,15-,16-,17-,21+/m1/s1. The summed E-state index contributed by atoms with van der Waals surface area (Å²) in [6, 6.07) is 10.1. The predicted molar refractivity (Wildman–Crippen MR) is 111 cm³/mol. The van der Waals surface area contributed by atoms with E-state index < -0.39 is 11.6 Å². The van der Waals surface area contributed by atoms with Gasteiger partial charge in [-0.15, -0.1) is 0 Å². The van der Waals surface area contributed by atoms with Crippen LogP contribution >= 0.6 is 11.8 Å². The Labute approximate surface area is 177 Å². The molecule has 1 aromatic carbocycles. The molecule has 1 aliphatic heterocycles. The molecule has 2 bridgehead atoms. The number of methoxy groups -OCH3 is 2. The van der Waals surface area contributed by atoms with E-state index in [1.54, 1.807) is 14.2 Å². The summed E-state index contributed by atoms with van der Waals surface area (Å²) in [5.74, 6) is 0.358. The number of hydrogen-bond donors (Lipinski definition) is 0. The molecule has 1 saturated heterocycles. The molecular formula is C21H27NO4SSe. The third-order valence-corrected chi connectivity index (χ3v) is 11.2. The fourth-order valence-electron chi connectivity index (χ4n) is 5.50. The second-order valence-corrected chi connectivity index (χ2v) is 12.7. The van der Waals surface area contributed by atoms with Crippen molar-refractivity contribution in [1.29, 1.82) is 0 Å². The van der Waals surface area contributed by atoms with Crippen LogP contribution < -0.4 is 4.46 Å². The number of thioether (sulfide) groups is 1. The molecule has 3 fully saturated rings. The van der Waals surface area contributed by atoms with Crippen LogP contribution in [0.25, 0.3) is 0 Å². The van der Waals surface area contributed by atoms with Gasteiger partial charge >= 0.3 is 177 Å². The summed E-state index contributed by atoms with van der Waals surface area (Å²) in [7, 11) is 3.28. The van der Waals surface area contributed by atoms with Gasteiger partial charge in [0.05, 0.1) is 0 Å². The molecule has 5 nitrogen and oxygen atoms in total. The van der Waals surface area contributed by atoms with Crippen molar-refractivity contribution in [2.45, 2.75) is 49.6 Å². The topological polar surface area (TPSA) is 55.8 Å². The minimum atomic E-state index is -0.645. The molecule has 1 aromatic rings. The zero-order valence-electron chi connectivity index (χ0n) is 16.7. The number of carbonyl (C=O) groups is 2. The van der Waals surface area contributed by atoms with Crippen LogP contribution in [0.2, 0.25) is 0 Å². The molecule has 2 aliphatic carbocycles. The van der Waals surface area contributed by atoms with E-state index in [0.717, 1.165) is 19.3 Å². The number of hydrogen-bond acceptors (Lipinski definition) is 5. The summed E-state index contributed by atoms with van der Waals surface area (Å²) >= 11 is 1.27. The van der Waals surface area contributed by atoms with Crippen molar-refractivity contribution in [3.8, 4) is 0 Å². The zero-order chi connectivity index (χ0) is 20.1. The molecule has 3 aliphatic rings. The quantitative estimate of drug-likeness (QED) is 0.623. The molecule has 5 atom stereocenters. The van der Waals surface area contributed by atoms with Crippen molar-refractivity contribution in [2.24, 2.45) is 16.7 Å². The first-order valence-electron chi connectivity index (χ1n) is 9.68. The zero-order valence-corrected chi connectivity index (χ0v) is 19.2. The number of rotatable bonds is 5. The first-order chi connectivity index (χ1) is 13.4. The van der Waals surface area contributed by atoms with Crippen LogP contribution in [0.4, 0.5) is 4.79 Å². The molecule has 0 N–H and O–H groups in total. The van der Waals surface area contributed by atoms with Crippen LogP contribution in [0.3, 0.4) is 0 Å². The van der Waals surface area contributed by atoms with E-state index in [-0.39, 0.29) is 41.8 Å². The van der Waals surface area contributed by atoms with Gasteiger partial charge in [-0.1, -0.05) is 0 Å². The number of amides is 2. The SMILES string of the molecule is CO[C@@H]1[C@@H]([Se]c2ccccc2)SC(=O)N1C(=O)[C@]12CC[C@H](C[C@H]1OC)C2(C)C. The van der Waals surface area contributed by atoms with E-state index >= 15 is 0 Å². The molecule has 2 saturated carbocycles. The molecule has 28 heavy (non-hydrogen) atoms. The Bertz CT molecular complexity index is 773. The van der Waals surface area contributed by atoms with Gasteiger partial charge in [0.1, 0.15) is 0 Å². The third-order valence-electron chi connectivity index (χ3n) is 7.13. The number of carbonyl (C=O) groups excluding carboxylic acids is 2. The fraction of sp³-hybridized carbons (Fsp3) is 0.619. The fourth-order valence-corrected chi connectivity index (χ4v) is 9.75. The molecule has 4 rings (SSSR count).